The van der Waals surface area contributed by atoms with Crippen LogP contribution in [0.4, 0.5) is 5.82 Å². The molecule has 2 rings (SSSR count). The number of nitrogens with two attached hydrogens (primary N) is 1. The van der Waals surface area contributed by atoms with E-state index in [2.05, 4.69) is 5.10 Å². The lowest BCUT2D eigenvalue weighted by molar-refractivity contribution is 0.0792. The number of rotatable bonds is 4. The topological polar surface area (TPSA) is 62.3 Å². The Balaban J connectivity index is 1.84. The van der Waals surface area contributed by atoms with Gasteiger partial charge in [0.25, 0.3) is 0 Å². The lowest BCUT2D eigenvalue weighted by atomic mass is 10.1. The van der Waals surface area contributed by atoms with Crippen LogP contribution in [0, 0.1) is 12.8 Å². The SMILES string of the molecule is Cc1nn(C)c(N)c1COCC1CCOC1. The van der Waals surface area contributed by atoms with Gasteiger partial charge in [-0.15, -0.1) is 0 Å². The molecule has 1 aromatic heterocycles. The molecule has 90 valence electrons. The molecule has 1 aliphatic heterocycles. The summed E-state index contributed by atoms with van der Waals surface area (Å²) in [6.45, 7) is 4.92. The molecule has 1 fully saturated rings. The summed E-state index contributed by atoms with van der Waals surface area (Å²) in [7, 11) is 1.84. The first-order valence-electron chi connectivity index (χ1n) is 5.62. The number of hydrogen-bond acceptors (Lipinski definition) is 4. The standard InChI is InChI=1S/C11H19N3O2/c1-8-10(11(12)14(2)13-8)7-16-6-9-3-4-15-5-9/h9H,3-7,12H2,1-2H3. The van der Waals surface area contributed by atoms with E-state index in [9.17, 15) is 0 Å². The predicted molar refractivity (Wildman–Crippen MR) is 60.9 cm³/mol. The van der Waals surface area contributed by atoms with Gasteiger partial charge in [0.05, 0.1) is 25.5 Å². The first kappa shape index (κ1) is 11.4. The first-order chi connectivity index (χ1) is 7.68. The van der Waals surface area contributed by atoms with Crippen molar-refractivity contribution in [3.8, 4) is 0 Å². The molecule has 5 nitrogen and oxygen atoms in total. The van der Waals surface area contributed by atoms with Crippen LogP contribution in [0.15, 0.2) is 0 Å². The summed E-state index contributed by atoms with van der Waals surface area (Å²) >= 11 is 0. The molecule has 0 aliphatic carbocycles. The Morgan fingerprint density at radius 1 is 1.62 bits per heavy atom. The second-order valence-corrected chi connectivity index (χ2v) is 4.32. The number of aromatic nitrogens is 2. The zero-order valence-electron chi connectivity index (χ0n) is 9.90. The van der Waals surface area contributed by atoms with E-state index in [0.29, 0.717) is 18.3 Å². The van der Waals surface area contributed by atoms with Crippen LogP contribution in [0.3, 0.4) is 0 Å². The summed E-state index contributed by atoms with van der Waals surface area (Å²) in [6, 6.07) is 0. The van der Waals surface area contributed by atoms with Crippen molar-refractivity contribution in [3.05, 3.63) is 11.3 Å². The maximum Gasteiger partial charge on any atom is 0.127 e. The van der Waals surface area contributed by atoms with Gasteiger partial charge in [-0.05, 0) is 13.3 Å². The number of nitrogen functional groups attached to an aromatic ring is 1. The Hall–Kier alpha value is -1.07. The van der Waals surface area contributed by atoms with Gasteiger partial charge in [-0.2, -0.15) is 5.10 Å². The zero-order valence-corrected chi connectivity index (χ0v) is 9.90. The van der Waals surface area contributed by atoms with E-state index in [-0.39, 0.29) is 0 Å². The fourth-order valence-electron chi connectivity index (χ4n) is 1.94. The number of aryl methyl sites for hydroxylation is 2. The van der Waals surface area contributed by atoms with Gasteiger partial charge in [-0.3, -0.25) is 4.68 Å². The van der Waals surface area contributed by atoms with Crippen LogP contribution in [0.5, 0.6) is 0 Å². The van der Waals surface area contributed by atoms with Crippen molar-refractivity contribution in [3.63, 3.8) is 0 Å². The van der Waals surface area contributed by atoms with E-state index in [1.54, 1.807) is 4.68 Å². The third-order valence-corrected chi connectivity index (χ3v) is 3.02. The molecule has 1 aromatic rings. The monoisotopic (exact) mass is 225 g/mol. The van der Waals surface area contributed by atoms with Gasteiger partial charge < -0.3 is 15.2 Å². The van der Waals surface area contributed by atoms with Crippen molar-refractivity contribution in [1.82, 2.24) is 9.78 Å². The van der Waals surface area contributed by atoms with Crippen LogP contribution in [-0.2, 0) is 23.1 Å². The normalized spacial score (nSPS) is 20.5. The Labute approximate surface area is 95.5 Å². The Bertz CT molecular complexity index is 356. The van der Waals surface area contributed by atoms with Gasteiger partial charge in [-0.1, -0.05) is 0 Å². The lowest BCUT2D eigenvalue weighted by Gasteiger charge is -2.08. The van der Waals surface area contributed by atoms with Gasteiger partial charge in [-0.25, -0.2) is 0 Å². The summed E-state index contributed by atoms with van der Waals surface area (Å²) in [6.07, 6.45) is 1.10. The number of ether oxygens (including phenoxy) is 2. The van der Waals surface area contributed by atoms with Gasteiger partial charge in [0.1, 0.15) is 5.82 Å². The highest BCUT2D eigenvalue weighted by Crippen LogP contribution is 2.18. The molecular weight excluding hydrogens is 206 g/mol. The summed E-state index contributed by atoms with van der Waals surface area (Å²) in [5.41, 5.74) is 7.84. The molecule has 0 spiro atoms. The molecule has 0 aromatic carbocycles. The first-order valence-corrected chi connectivity index (χ1v) is 5.62. The highest BCUT2D eigenvalue weighted by molar-refractivity contribution is 5.42. The smallest absolute Gasteiger partial charge is 0.127 e. The van der Waals surface area contributed by atoms with Gasteiger partial charge in [0.15, 0.2) is 0 Å². The molecule has 5 heteroatoms. The van der Waals surface area contributed by atoms with Crippen molar-refractivity contribution in [1.29, 1.82) is 0 Å². The summed E-state index contributed by atoms with van der Waals surface area (Å²) in [5.74, 6) is 1.23. The van der Waals surface area contributed by atoms with Crippen LogP contribution in [0.2, 0.25) is 0 Å². The van der Waals surface area contributed by atoms with Crippen molar-refractivity contribution in [2.24, 2.45) is 13.0 Å². The molecule has 0 bridgehead atoms. The van der Waals surface area contributed by atoms with Gasteiger partial charge >= 0.3 is 0 Å². The van der Waals surface area contributed by atoms with Gasteiger partial charge in [0.2, 0.25) is 0 Å². The van der Waals surface area contributed by atoms with Crippen molar-refractivity contribution in [2.75, 3.05) is 25.6 Å². The van der Waals surface area contributed by atoms with Crippen LogP contribution in [0.1, 0.15) is 17.7 Å². The van der Waals surface area contributed by atoms with Crippen LogP contribution >= 0.6 is 0 Å². The quantitative estimate of drug-likeness (QED) is 0.825. The maximum absolute atomic E-state index is 5.89. The minimum absolute atomic E-state index is 0.540. The molecule has 0 saturated carbocycles. The van der Waals surface area contributed by atoms with Crippen LogP contribution in [0.25, 0.3) is 0 Å². The minimum Gasteiger partial charge on any atom is -0.384 e. The average Bonchev–Trinajstić information content (AvgIpc) is 2.82. The fourth-order valence-corrected chi connectivity index (χ4v) is 1.94. The molecular formula is C11H19N3O2. The third-order valence-electron chi connectivity index (χ3n) is 3.02. The molecule has 1 atom stereocenters. The Kier molecular flexibility index (Phi) is 3.46. The number of anilines is 1. The number of hydrogen-bond donors (Lipinski definition) is 1. The van der Waals surface area contributed by atoms with E-state index in [1.807, 2.05) is 14.0 Å². The number of nitrogens with zero attached hydrogens (tertiary/aromatic N) is 2. The fraction of sp³-hybridized carbons (Fsp3) is 0.727. The maximum atomic E-state index is 5.89. The second kappa shape index (κ2) is 4.84. The molecule has 16 heavy (non-hydrogen) atoms. The molecule has 2 N–H and O–H groups in total. The lowest BCUT2D eigenvalue weighted by Crippen LogP contribution is -2.10. The second-order valence-electron chi connectivity index (χ2n) is 4.32. The Morgan fingerprint density at radius 2 is 2.44 bits per heavy atom. The highest BCUT2D eigenvalue weighted by atomic mass is 16.5. The summed E-state index contributed by atoms with van der Waals surface area (Å²) in [5, 5.41) is 4.25. The van der Waals surface area contributed by atoms with E-state index in [0.717, 1.165) is 37.5 Å². The molecule has 0 amide bonds. The Morgan fingerprint density at radius 3 is 3.00 bits per heavy atom. The van der Waals surface area contributed by atoms with E-state index in [1.165, 1.54) is 0 Å². The van der Waals surface area contributed by atoms with Crippen molar-refractivity contribution >= 4 is 5.82 Å². The van der Waals surface area contributed by atoms with Gasteiger partial charge in [0, 0.05) is 25.1 Å². The van der Waals surface area contributed by atoms with E-state index in [4.69, 9.17) is 15.2 Å². The third kappa shape index (κ3) is 2.36. The zero-order chi connectivity index (χ0) is 11.5. The van der Waals surface area contributed by atoms with Crippen LogP contribution < -0.4 is 5.73 Å². The van der Waals surface area contributed by atoms with Crippen molar-refractivity contribution < 1.29 is 9.47 Å². The van der Waals surface area contributed by atoms with Crippen LogP contribution in [-0.4, -0.2) is 29.6 Å². The molecule has 1 saturated heterocycles. The van der Waals surface area contributed by atoms with Crippen molar-refractivity contribution in [2.45, 2.75) is 20.0 Å². The molecule has 0 radical (unpaired) electrons. The average molecular weight is 225 g/mol. The largest absolute Gasteiger partial charge is 0.384 e. The molecule has 2 heterocycles. The highest BCUT2D eigenvalue weighted by Gasteiger charge is 2.16. The predicted octanol–water partition coefficient (Wildman–Crippen LogP) is 0.864. The minimum atomic E-state index is 0.540. The van der Waals surface area contributed by atoms with E-state index >= 15 is 0 Å². The molecule has 1 unspecified atom stereocenters. The van der Waals surface area contributed by atoms with E-state index < -0.39 is 0 Å². The summed E-state index contributed by atoms with van der Waals surface area (Å²) in [4.78, 5) is 0. The summed E-state index contributed by atoms with van der Waals surface area (Å²) < 4.78 is 12.6. The molecule has 1 aliphatic rings.